The number of hydrogen-bond acceptors (Lipinski definition) is 4. The number of aromatic nitrogens is 4. The molecule has 0 radical (unpaired) electrons. The van der Waals surface area contributed by atoms with Gasteiger partial charge in [0.2, 0.25) is 0 Å². The molecule has 0 unspecified atom stereocenters. The highest BCUT2D eigenvalue weighted by Crippen LogP contribution is 2.25. The van der Waals surface area contributed by atoms with Crippen molar-refractivity contribution in [2.24, 2.45) is 0 Å². The van der Waals surface area contributed by atoms with Gasteiger partial charge in [-0.25, -0.2) is 9.97 Å². The van der Waals surface area contributed by atoms with E-state index >= 15 is 0 Å². The van der Waals surface area contributed by atoms with E-state index in [2.05, 4.69) is 40.3 Å². The van der Waals surface area contributed by atoms with Gasteiger partial charge in [-0.3, -0.25) is 9.48 Å². The van der Waals surface area contributed by atoms with Crippen LogP contribution >= 0.6 is 0 Å². The first kappa shape index (κ1) is 14.6. The van der Waals surface area contributed by atoms with Crippen LogP contribution in [0.4, 0.5) is 0 Å². The molecule has 6 heteroatoms. The molecule has 1 N–H and O–H groups in total. The molecule has 1 aliphatic rings. The Kier molecular flexibility index (Phi) is 3.37. The van der Waals surface area contributed by atoms with Crippen LogP contribution in [0.25, 0.3) is 22.8 Å². The lowest BCUT2D eigenvalue weighted by atomic mass is 10.0. The Morgan fingerprint density at radius 3 is 2.88 bits per heavy atom. The average molecular weight is 319 g/mol. The third-order valence-electron chi connectivity index (χ3n) is 4.39. The average Bonchev–Trinajstić information content (AvgIpc) is 3.03. The summed E-state index contributed by atoms with van der Waals surface area (Å²) in [4.78, 5) is 21.0. The van der Waals surface area contributed by atoms with Gasteiger partial charge in [-0.2, -0.15) is 5.10 Å². The zero-order valence-corrected chi connectivity index (χ0v) is 13.6. The molecule has 2 aromatic heterocycles. The smallest absolute Gasteiger partial charge is 0.269 e. The van der Waals surface area contributed by atoms with Crippen molar-refractivity contribution in [2.75, 3.05) is 6.54 Å². The predicted molar refractivity (Wildman–Crippen MR) is 90.5 cm³/mol. The minimum atomic E-state index is -0.0937. The van der Waals surface area contributed by atoms with E-state index in [1.807, 2.05) is 18.2 Å². The number of rotatable bonds is 2. The molecule has 0 bridgehead atoms. The highest BCUT2D eigenvalue weighted by atomic mass is 16.2. The fourth-order valence-electron chi connectivity index (χ4n) is 2.89. The minimum absolute atomic E-state index is 0.0937. The monoisotopic (exact) mass is 319 g/mol. The third-order valence-corrected chi connectivity index (χ3v) is 4.39. The molecule has 0 atom stereocenters. The number of fused-ring (bicyclic) bond motifs is 1. The van der Waals surface area contributed by atoms with Gasteiger partial charge in [0.25, 0.3) is 5.91 Å². The van der Waals surface area contributed by atoms with Crippen LogP contribution in [0.3, 0.4) is 0 Å². The maximum Gasteiger partial charge on any atom is 0.269 e. The molecule has 0 fully saturated rings. The van der Waals surface area contributed by atoms with Crippen LogP contribution in [0, 0.1) is 13.8 Å². The van der Waals surface area contributed by atoms with E-state index in [0.29, 0.717) is 30.3 Å². The molecule has 120 valence electrons. The van der Waals surface area contributed by atoms with Crippen molar-refractivity contribution in [3.8, 4) is 22.8 Å². The standard InChI is InChI=1S/C18H17N5O/c1-11-4-3-5-13(12(11)2)17-19-7-6-14(21-17)15-10-16-18(24)20-8-9-23(16)22-15/h3-7,10H,8-9H2,1-2H3,(H,20,24). The van der Waals surface area contributed by atoms with Gasteiger partial charge in [0.1, 0.15) is 11.4 Å². The molecule has 1 aliphatic heterocycles. The first-order valence-corrected chi connectivity index (χ1v) is 7.89. The molecule has 24 heavy (non-hydrogen) atoms. The summed E-state index contributed by atoms with van der Waals surface area (Å²) < 4.78 is 1.73. The molecule has 0 saturated heterocycles. The van der Waals surface area contributed by atoms with E-state index in [-0.39, 0.29) is 5.91 Å². The summed E-state index contributed by atoms with van der Waals surface area (Å²) in [5, 5.41) is 7.33. The van der Waals surface area contributed by atoms with Gasteiger partial charge in [-0.05, 0) is 37.1 Å². The normalized spacial score (nSPS) is 13.5. The highest BCUT2D eigenvalue weighted by Gasteiger charge is 2.20. The van der Waals surface area contributed by atoms with Crippen molar-refractivity contribution in [2.45, 2.75) is 20.4 Å². The van der Waals surface area contributed by atoms with Gasteiger partial charge < -0.3 is 5.32 Å². The van der Waals surface area contributed by atoms with Gasteiger partial charge in [-0.1, -0.05) is 18.2 Å². The topological polar surface area (TPSA) is 72.7 Å². The predicted octanol–water partition coefficient (Wildman–Crippen LogP) is 2.37. The summed E-state index contributed by atoms with van der Waals surface area (Å²) in [6, 6.07) is 9.70. The Morgan fingerprint density at radius 1 is 1.17 bits per heavy atom. The number of carbonyl (C=O) groups excluding carboxylic acids is 1. The first-order chi connectivity index (χ1) is 11.6. The Morgan fingerprint density at radius 2 is 2.04 bits per heavy atom. The number of hydrogen-bond donors (Lipinski definition) is 1. The van der Waals surface area contributed by atoms with Crippen molar-refractivity contribution in [3.05, 3.63) is 53.3 Å². The van der Waals surface area contributed by atoms with Gasteiger partial charge in [0, 0.05) is 18.3 Å². The third kappa shape index (κ3) is 2.36. The van der Waals surface area contributed by atoms with Crippen LogP contribution in [0.15, 0.2) is 36.5 Å². The fraction of sp³-hybridized carbons (Fsp3) is 0.222. The lowest BCUT2D eigenvalue weighted by molar-refractivity contribution is 0.0924. The molecule has 1 amide bonds. The maximum atomic E-state index is 11.9. The summed E-state index contributed by atoms with van der Waals surface area (Å²) in [6.45, 7) is 5.42. The molecule has 3 aromatic rings. The fourth-order valence-corrected chi connectivity index (χ4v) is 2.89. The highest BCUT2D eigenvalue weighted by molar-refractivity contribution is 5.94. The van der Waals surface area contributed by atoms with Crippen LogP contribution in [-0.2, 0) is 6.54 Å². The molecule has 6 nitrogen and oxygen atoms in total. The Hall–Kier alpha value is -3.02. The van der Waals surface area contributed by atoms with Crippen LogP contribution in [0.1, 0.15) is 21.6 Å². The molecule has 1 aromatic carbocycles. The largest absolute Gasteiger partial charge is 0.349 e. The van der Waals surface area contributed by atoms with Gasteiger partial charge in [-0.15, -0.1) is 0 Å². The molecule has 0 aliphatic carbocycles. The molecule has 4 rings (SSSR count). The minimum Gasteiger partial charge on any atom is -0.349 e. The lowest BCUT2D eigenvalue weighted by Crippen LogP contribution is -2.35. The SMILES string of the molecule is Cc1cccc(-c2nccc(-c3cc4n(n3)CCNC4=O)n2)c1C. The van der Waals surface area contributed by atoms with Gasteiger partial charge >= 0.3 is 0 Å². The Balaban J connectivity index is 1.78. The number of aryl methyl sites for hydroxylation is 1. The number of carbonyl (C=O) groups is 1. The van der Waals surface area contributed by atoms with E-state index < -0.39 is 0 Å². The Labute approximate surface area is 139 Å². The number of nitrogens with one attached hydrogen (secondary N) is 1. The van der Waals surface area contributed by atoms with Crippen molar-refractivity contribution in [1.82, 2.24) is 25.1 Å². The van der Waals surface area contributed by atoms with Crippen molar-refractivity contribution >= 4 is 5.91 Å². The van der Waals surface area contributed by atoms with Crippen LogP contribution < -0.4 is 5.32 Å². The van der Waals surface area contributed by atoms with Crippen molar-refractivity contribution in [1.29, 1.82) is 0 Å². The van der Waals surface area contributed by atoms with E-state index in [9.17, 15) is 4.79 Å². The first-order valence-electron chi connectivity index (χ1n) is 7.89. The lowest BCUT2D eigenvalue weighted by Gasteiger charge is -2.13. The van der Waals surface area contributed by atoms with Crippen molar-refractivity contribution in [3.63, 3.8) is 0 Å². The quantitative estimate of drug-likeness (QED) is 0.787. The summed E-state index contributed by atoms with van der Waals surface area (Å²) >= 11 is 0. The zero-order chi connectivity index (χ0) is 16.7. The molecular formula is C18H17N5O. The second kappa shape index (κ2) is 5.56. The van der Waals surface area contributed by atoms with Gasteiger partial charge in [0.15, 0.2) is 5.82 Å². The van der Waals surface area contributed by atoms with Gasteiger partial charge in [0.05, 0.1) is 12.2 Å². The molecule has 0 saturated carbocycles. The molecule has 3 heterocycles. The summed E-state index contributed by atoms with van der Waals surface area (Å²) in [5.41, 5.74) is 5.36. The Bertz CT molecular complexity index is 944. The van der Waals surface area contributed by atoms with Crippen LogP contribution in [0.2, 0.25) is 0 Å². The van der Waals surface area contributed by atoms with Crippen LogP contribution in [-0.4, -0.2) is 32.2 Å². The second-order valence-electron chi connectivity index (χ2n) is 5.91. The number of amides is 1. The second-order valence-corrected chi connectivity index (χ2v) is 5.91. The summed E-state index contributed by atoms with van der Waals surface area (Å²) in [6.07, 6.45) is 1.73. The summed E-state index contributed by atoms with van der Waals surface area (Å²) in [7, 11) is 0. The molecule has 0 spiro atoms. The van der Waals surface area contributed by atoms with E-state index in [1.54, 1.807) is 16.9 Å². The number of benzene rings is 1. The summed E-state index contributed by atoms with van der Waals surface area (Å²) in [5.74, 6) is 0.577. The van der Waals surface area contributed by atoms with Crippen LogP contribution in [0.5, 0.6) is 0 Å². The van der Waals surface area contributed by atoms with E-state index in [0.717, 1.165) is 16.8 Å². The van der Waals surface area contributed by atoms with Crippen molar-refractivity contribution < 1.29 is 4.79 Å². The zero-order valence-electron chi connectivity index (χ0n) is 13.6. The number of nitrogens with zero attached hydrogens (tertiary/aromatic N) is 4. The molecular weight excluding hydrogens is 302 g/mol. The van der Waals surface area contributed by atoms with E-state index in [4.69, 9.17) is 0 Å². The maximum absolute atomic E-state index is 11.9. The van der Waals surface area contributed by atoms with E-state index in [1.165, 1.54) is 5.56 Å².